The zero-order valence-corrected chi connectivity index (χ0v) is 14.3. The Morgan fingerprint density at radius 1 is 1.08 bits per heavy atom. The minimum Gasteiger partial charge on any atom is -0.463 e. The van der Waals surface area contributed by atoms with Crippen molar-refractivity contribution in [3.63, 3.8) is 0 Å². The maximum absolute atomic E-state index is 13.5. The maximum Gasteiger partial charge on any atom is 0.149 e. The molecule has 0 bridgehead atoms. The van der Waals surface area contributed by atoms with Crippen molar-refractivity contribution in [3.8, 4) is 0 Å². The highest BCUT2D eigenvalue weighted by Crippen LogP contribution is 2.21. The van der Waals surface area contributed by atoms with Gasteiger partial charge in [-0.15, -0.1) is 0 Å². The molecular formula is C21H23FN2O. The quantitative estimate of drug-likeness (QED) is 0.671. The Bertz CT molecular complexity index is 783. The fourth-order valence-electron chi connectivity index (χ4n) is 2.18. The zero-order chi connectivity index (χ0) is 18.1. The fourth-order valence-corrected chi connectivity index (χ4v) is 2.18. The van der Waals surface area contributed by atoms with Gasteiger partial charge in [0, 0.05) is 6.54 Å². The number of benzene rings is 2. The van der Waals surface area contributed by atoms with Crippen molar-refractivity contribution in [2.24, 2.45) is 5.73 Å². The van der Waals surface area contributed by atoms with Crippen LogP contribution in [-0.2, 0) is 13.0 Å². The molecule has 0 spiro atoms. The number of furan rings is 1. The first-order valence-corrected chi connectivity index (χ1v) is 8.16. The lowest BCUT2D eigenvalue weighted by molar-refractivity contribution is 0.553. The van der Waals surface area contributed by atoms with Crippen LogP contribution in [0.5, 0.6) is 0 Å². The molecule has 3 aromatic rings. The van der Waals surface area contributed by atoms with Crippen LogP contribution < -0.4 is 11.1 Å². The van der Waals surface area contributed by atoms with Crippen molar-refractivity contribution in [2.75, 3.05) is 5.32 Å². The highest BCUT2D eigenvalue weighted by Gasteiger charge is 2.07. The molecule has 0 saturated heterocycles. The first kappa shape index (κ1) is 18.5. The normalized spacial score (nSPS) is 9.88. The number of hydrogen-bond acceptors (Lipinski definition) is 3. The van der Waals surface area contributed by atoms with E-state index in [-0.39, 0.29) is 5.82 Å². The van der Waals surface area contributed by atoms with Gasteiger partial charge in [0.05, 0.1) is 17.6 Å². The topological polar surface area (TPSA) is 51.2 Å². The van der Waals surface area contributed by atoms with Gasteiger partial charge in [0.1, 0.15) is 11.6 Å². The van der Waals surface area contributed by atoms with Crippen LogP contribution in [0.2, 0.25) is 0 Å². The van der Waals surface area contributed by atoms with Crippen LogP contribution in [-0.4, -0.2) is 0 Å². The zero-order valence-electron chi connectivity index (χ0n) is 14.3. The molecule has 3 rings (SSSR count). The van der Waals surface area contributed by atoms with Gasteiger partial charge in [-0.1, -0.05) is 49.9 Å². The SMILES string of the molecule is C=C(Nc1cc(CN)ccc1F)c1ccco1.CCc1ccccc1. The highest BCUT2D eigenvalue weighted by molar-refractivity contribution is 5.73. The molecule has 0 unspecified atom stereocenters. The molecule has 0 aliphatic carbocycles. The van der Waals surface area contributed by atoms with Gasteiger partial charge in [-0.05, 0) is 41.8 Å². The predicted molar refractivity (Wildman–Crippen MR) is 101 cm³/mol. The first-order chi connectivity index (χ1) is 12.1. The Morgan fingerprint density at radius 3 is 2.40 bits per heavy atom. The summed E-state index contributed by atoms with van der Waals surface area (Å²) in [4.78, 5) is 0. The first-order valence-electron chi connectivity index (χ1n) is 8.16. The second-order valence-electron chi connectivity index (χ2n) is 5.44. The van der Waals surface area contributed by atoms with Crippen molar-refractivity contribution in [3.05, 3.63) is 96.2 Å². The molecule has 3 nitrogen and oxygen atoms in total. The summed E-state index contributed by atoms with van der Waals surface area (Å²) in [5.41, 5.74) is 8.61. The van der Waals surface area contributed by atoms with E-state index in [0.29, 0.717) is 23.7 Å². The van der Waals surface area contributed by atoms with E-state index in [1.807, 2.05) is 6.07 Å². The van der Waals surface area contributed by atoms with Gasteiger partial charge in [-0.25, -0.2) is 4.39 Å². The Morgan fingerprint density at radius 2 is 1.84 bits per heavy atom. The minimum atomic E-state index is -0.352. The van der Waals surface area contributed by atoms with Crippen LogP contribution in [0.1, 0.15) is 23.8 Å². The molecule has 4 heteroatoms. The molecule has 0 atom stereocenters. The molecule has 1 heterocycles. The van der Waals surface area contributed by atoms with Crippen molar-refractivity contribution < 1.29 is 8.81 Å². The molecule has 0 radical (unpaired) electrons. The van der Waals surface area contributed by atoms with Gasteiger partial charge in [-0.2, -0.15) is 0 Å². The van der Waals surface area contributed by atoms with Gasteiger partial charge in [0.15, 0.2) is 0 Å². The molecule has 2 aromatic carbocycles. The second-order valence-corrected chi connectivity index (χ2v) is 5.44. The van der Waals surface area contributed by atoms with Gasteiger partial charge < -0.3 is 15.5 Å². The highest BCUT2D eigenvalue weighted by atomic mass is 19.1. The van der Waals surface area contributed by atoms with E-state index in [1.54, 1.807) is 24.3 Å². The third-order valence-corrected chi connectivity index (χ3v) is 3.62. The third kappa shape index (κ3) is 5.62. The Balaban J connectivity index is 0.000000236. The van der Waals surface area contributed by atoms with E-state index in [9.17, 15) is 4.39 Å². The molecule has 0 saturated carbocycles. The number of halogens is 1. The van der Waals surface area contributed by atoms with Gasteiger partial charge in [0.25, 0.3) is 0 Å². The smallest absolute Gasteiger partial charge is 0.149 e. The Kier molecular flexibility index (Phi) is 6.99. The number of nitrogens with two attached hydrogens (primary N) is 1. The van der Waals surface area contributed by atoms with Crippen molar-refractivity contribution in [2.45, 2.75) is 19.9 Å². The molecule has 0 aliphatic heterocycles. The van der Waals surface area contributed by atoms with E-state index < -0.39 is 0 Å². The summed E-state index contributed by atoms with van der Waals surface area (Å²) < 4.78 is 18.7. The average molecular weight is 338 g/mol. The predicted octanol–water partition coefficient (Wildman–Crippen LogP) is 5.21. The molecule has 25 heavy (non-hydrogen) atoms. The lowest BCUT2D eigenvalue weighted by atomic mass is 10.2. The van der Waals surface area contributed by atoms with Crippen LogP contribution in [0.3, 0.4) is 0 Å². The Labute approximate surface area is 148 Å². The van der Waals surface area contributed by atoms with E-state index >= 15 is 0 Å². The number of nitrogens with one attached hydrogen (secondary N) is 1. The van der Waals surface area contributed by atoms with Crippen LogP contribution >= 0.6 is 0 Å². The van der Waals surface area contributed by atoms with E-state index in [4.69, 9.17) is 10.2 Å². The average Bonchev–Trinajstić information content (AvgIpc) is 3.19. The molecule has 0 fully saturated rings. The van der Waals surface area contributed by atoms with E-state index in [0.717, 1.165) is 12.0 Å². The summed E-state index contributed by atoms with van der Waals surface area (Å²) in [7, 11) is 0. The van der Waals surface area contributed by atoms with Crippen LogP contribution in [0.15, 0.2) is 77.9 Å². The largest absolute Gasteiger partial charge is 0.463 e. The van der Waals surface area contributed by atoms with Crippen LogP contribution in [0.25, 0.3) is 5.70 Å². The fraction of sp³-hybridized carbons (Fsp3) is 0.143. The summed E-state index contributed by atoms with van der Waals surface area (Å²) >= 11 is 0. The van der Waals surface area contributed by atoms with Crippen molar-refractivity contribution >= 4 is 11.4 Å². The third-order valence-electron chi connectivity index (χ3n) is 3.62. The molecular weight excluding hydrogens is 315 g/mol. The van der Waals surface area contributed by atoms with Gasteiger partial charge >= 0.3 is 0 Å². The number of rotatable bonds is 5. The monoisotopic (exact) mass is 338 g/mol. The summed E-state index contributed by atoms with van der Waals surface area (Å²) in [5.74, 6) is 0.220. The lowest BCUT2D eigenvalue weighted by Crippen LogP contribution is -2.02. The number of aryl methyl sites for hydroxylation is 1. The maximum atomic E-state index is 13.5. The van der Waals surface area contributed by atoms with Crippen molar-refractivity contribution in [1.82, 2.24) is 0 Å². The second kappa shape index (κ2) is 9.45. The number of anilines is 1. The van der Waals surface area contributed by atoms with E-state index in [1.165, 1.54) is 17.9 Å². The van der Waals surface area contributed by atoms with Crippen LogP contribution in [0.4, 0.5) is 10.1 Å². The molecule has 1 aromatic heterocycles. The summed E-state index contributed by atoms with van der Waals surface area (Å²) in [5, 5.41) is 2.87. The van der Waals surface area contributed by atoms with Crippen molar-refractivity contribution in [1.29, 1.82) is 0 Å². The molecule has 0 amide bonds. The summed E-state index contributed by atoms with van der Waals surface area (Å²) in [6.45, 7) is 6.31. The molecule has 3 N–H and O–H groups in total. The van der Waals surface area contributed by atoms with Gasteiger partial charge in [-0.3, -0.25) is 0 Å². The summed E-state index contributed by atoms with van der Waals surface area (Å²) in [6.07, 6.45) is 2.68. The molecule has 0 aliphatic rings. The molecule has 130 valence electrons. The van der Waals surface area contributed by atoms with Crippen LogP contribution in [0, 0.1) is 5.82 Å². The standard InChI is InChI=1S/C13H13FN2O.C8H10/c1-9(13-3-2-6-17-13)16-12-7-10(8-15)4-5-11(12)14;1-2-8-6-4-3-5-7-8/h2-7,16H,1,8,15H2;3-7H,2H2,1H3. The number of hydrogen-bond donors (Lipinski definition) is 2. The Hall–Kier alpha value is -2.85. The van der Waals surface area contributed by atoms with Gasteiger partial charge in [0.2, 0.25) is 0 Å². The summed E-state index contributed by atoms with van der Waals surface area (Å²) in [6, 6.07) is 18.6. The lowest BCUT2D eigenvalue weighted by Gasteiger charge is -2.09. The minimum absolute atomic E-state index is 0.342. The van der Waals surface area contributed by atoms with E-state index in [2.05, 4.69) is 43.1 Å².